The van der Waals surface area contributed by atoms with Crippen LogP contribution >= 0.6 is 0 Å². The van der Waals surface area contributed by atoms with E-state index in [4.69, 9.17) is 4.74 Å². The fraction of sp³-hybridized carbons (Fsp3) is 0.875. The van der Waals surface area contributed by atoms with E-state index in [-0.39, 0.29) is 17.5 Å². The Hall–Kier alpha value is -0.570. The van der Waals surface area contributed by atoms with Crippen LogP contribution < -0.4 is 5.32 Å². The Kier molecular flexibility index (Phi) is 2.18. The van der Waals surface area contributed by atoms with Crippen LogP contribution in [0.15, 0.2) is 0 Å². The maximum Gasteiger partial charge on any atom is 0.314 e. The molecule has 1 aliphatic rings. The summed E-state index contributed by atoms with van der Waals surface area (Å²) >= 11 is 0. The molecule has 64 valence electrons. The number of hydrogen-bond acceptors (Lipinski definition) is 3. The molecule has 0 unspecified atom stereocenters. The van der Waals surface area contributed by atoms with Crippen LogP contribution in [0.5, 0.6) is 0 Å². The van der Waals surface area contributed by atoms with Gasteiger partial charge in [0.05, 0.1) is 11.5 Å². The van der Waals surface area contributed by atoms with Gasteiger partial charge in [-0.05, 0) is 20.8 Å². The summed E-state index contributed by atoms with van der Waals surface area (Å²) in [7, 11) is 0. The van der Waals surface area contributed by atoms with Gasteiger partial charge in [0.15, 0.2) is 0 Å². The van der Waals surface area contributed by atoms with Crippen LogP contribution in [0.2, 0.25) is 0 Å². The average molecular weight is 157 g/mol. The van der Waals surface area contributed by atoms with Gasteiger partial charge in [-0.3, -0.25) is 4.79 Å². The predicted octanol–water partition coefficient (Wildman–Crippen LogP) is 0.547. The molecule has 0 bridgehead atoms. The lowest BCUT2D eigenvalue weighted by atomic mass is 9.84. The summed E-state index contributed by atoms with van der Waals surface area (Å²) in [6.45, 7) is 7.16. The van der Waals surface area contributed by atoms with Crippen LogP contribution in [0, 0.1) is 5.41 Å². The minimum atomic E-state index is -0.260. The van der Waals surface area contributed by atoms with Crippen molar-refractivity contribution in [1.29, 1.82) is 0 Å². The Morgan fingerprint density at radius 2 is 2.09 bits per heavy atom. The molecule has 0 aliphatic carbocycles. The molecule has 3 nitrogen and oxygen atoms in total. The Morgan fingerprint density at radius 1 is 1.55 bits per heavy atom. The van der Waals surface area contributed by atoms with Gasteiger partial charge in [0, 0.05) is 13.1 Å². The molecule has 1 rings (SSSR count). The van der Waals surface area contributed by atoms with Crippen molar-refractivity contribution in [3.8, 4) is 0 Å². The third kappa shape index (κ3) is 1.71. The summed E-state index contributed by atoms with van der Waals surface area (Å²) in [5.74, 6) is -0.0775. The molecule has 0 atom stereocenters. The quantitative estimate of drug-likeness (QED) is 0.595. The Bertz CT molecular complexity index is 161. The second kappa shape index (κ2) is 2.81. The van der Waals surface area contributed by atoms with Crippen molar-refractivity contribution in [2.24, 2.45) is 5.41 Å². The molecule has 1 saturated heterocycles. The minimum Gasteiger partial charge on any atom is -0.462 e. The van der Waals surface area contributed by atoms with Gasteiger partial charge in [0.2, 0.25) is 0 Å². The normalized spacial score (nSPS) is 21.1. The Morgan fingerprint density at radius 3 is 2.36 bits per heavy atom. The zero-order valence-corrected chi connectivity index (χ0v) is 7.31. The summed E-state index contributed by atoms with van der Waals surface area (Å²) in [5.41, 5.74) is -0.260. The monoisotopic (exact) mass is 157 g/mol. The number of esters is 1. The fourth-order valence-electron chi connectivity index (χ4n) is 1.00. The van der Waals surface area contributed by atoms with E-state index in [1.54, 1.807) is 0 Å². The van der Waals surface area contributed by atoms with Crippen molar-refractivity contribution < 1.29 is 9.53 Å². The molecular formula is C8H15NO2. The molecule has 1 aliphatic heterocycles. The molecule has 0 aromatic rings. The summed E-state index contributed by atoms with van der Waals surface area (Å²) in [6, 6.07) is 0. The van der Waals surface area contributed by atoms with Crippen LogP contribution in [0.25, 0.3) is 0 Å². The first-order valence-corrected chi connectivity index (χ1v) is 3.96. The molecule has 3 heteroatoms. The van der Waals surface area contributed by atoms with E-state index in [1.807, 2.05) is 20.8 Å². The smallest absolute Gasteiger partial charge is 0.314 e. The van der Waals surface area contributed by atoms with Crippen molar-refractivity contribution in [1.82, 2.24) is 5.32 Å². The van der Waals surface area contributed by atoms with E-state index in [9.17, 15) is 4.79 Å². The second-order valence-corrected chi connectivity index (χ2v) is 3.62. The van der Waals surface area contributed by atoms with Crippen molar-refractivity contribution in [2.45, 2.75) is 26.9 Å². The maximum absolute atomic E-state index is 11.3. The molecule has 1 N–H and O–H groups in total. The van der Waals surface area contributed by atoms with Gasteiger partial charge in [-0.25, -0.2) is 0 Å². The van der Waals surface area contributed by atoms with Gasteiger partial charge >= 0.3 is 5.97 Å². The SMILES string of the molecule is CC(C)OC(=O)C1(C)CNC1. The van der Waals surface area contributed by atoms with E-state index >= 15 is 0 Å². The standard InChI is InChI=1S/C8H15NO2/c1-6(2)11-7(10)8(3)4-9-5-8/h6,9H,4-5H2,1-3H3. The van der Waals surface area contributed by atoms with Crippen LogP contribution in [0.1, 0.15) is 20.8 Å². The van der Waals surface area contributed by atoms with Crippen LogP contribution in [0.4, 0.5) is 0 Å². The highest BCUT2D eigenvalue weighted by molar-refractivity contribution is 5.78. The number of carbonyl (C=O) groups excluding carboxylic acids is 1. The highest BCUT2D eigenvalue weighted by Gasteiger charge is 2.41. The van der Waals surface area contributed by atoms with Crippen molar-refractivity contribution in [3.05, 3.63) is 0 Å². The summed E-state index contributed by atoms with van der Waals surface area (Å²) in [6.07, 6.45) is -0.0000694. The zero-order chi connectivity index (χ0) is 8.48. The lowest BCUT2D eigenvalue weighted by Gasteiger charge is -2.37. The van der Waals surface area contributed by atoms with E-state index in [0.29, 0.717) is 0 Å². The van der Waals surface area contributed by atoms with Crippen molar-refractivity contribution >= 4 is 5.97 Å². The van der Waals surface area contributed by atoms with Gasteiger partial charge in [-0.1, -0.05) is 0 Å². The third-order valence-electron chi connectivity index (χ3n) is 1.87. The maximum atomic E-state index is 11.3. The number of carbonyl (C=O) groups is 1. The first kappa shape index (κ1) is 8.53. The molecular weight excluding hydrogens is 142 g/mol. The first-order chi connectivity index (χ1) is 5.04. The van der Waals surface area contributed by atoms with Gasteiger partial charge in [-0.15, -0.1) is 0 Å². The summed E-state index contributed by atoms with van der Waals surface area (Å²) in [5, 5.41) is 3.06. The minimum absolute atomic E-state index is 0.0000694. The van der Waals surface area contributed by atoms with Crippen LogP contribution in [-0.4, -0.2) is 25.2 Å². The highest BCUT2D eigenvalue weighted by atomic mass is 16.5. The molecule has 11 heavy (non-hydrogen) atoms. The Labute approximate surface area is 67.1 Å². The summed E-state index contributed by atoms with van der Waals surface area (Å²) in [4.78, 5) is 11.3. The lowest BCUT2D eigenvalue weighted by molar-refractivity contribution is -0.161. The summed E-state index contributed by atoms with van der Waals surface area (Å²) < 4.78 is 5.08. The zero-order valence-electron chi connectivity index (χ0n) is 7.31. The fourth-order valence-corrected chi connectivity index (χ4v) is 1.00. The molecule has 0 aromatic heterocycles. The molecule has 1 heterocycles. The highest BCUT2D eigenvalue weighted by Crippen LogP contribution is 2.23. The number of hydrogen-bond donors (Lipinski definition) is 1. The van der Waals surface area contributed by atoms with Crippen molar-refractivity contribution in [2.75, 3.05) is 13.1 Å². The third-order valence-corrected chi connectivity index (χ3v) is 1.87. The predicted molar refractivity (Wildman–Crippen MR) is 42.2 cm³/mol. The van der Waals surface area contributed by atoms with E-state index < -0.39 is 0 Å². The average Bonchev–Trinajstić information content (AvgIpc) is 1.81. The number of rotatable bonds is 2. The molecule has 0 saturated carbocycles. The van der Waals surface area contributed by atoms with Crippen LogP contribution in [-0.2, 0) is 9.53 Å². The molecule has 0 aromatic carbocycles. The number of nitrogens with one attached hydrogen (secondary N) is 1. The van der Waals surface area contributed by atoms with Crippen molar-refractivity contribution in [3.63, 3.8) is 0 Å². The number of ether oxygens (including phenoxy) is 1. The molecule has 0 spiro atoms. The van der Waals surface area contributed by atoms with Gasteiger partial charge in [-0.2, -0.15) is 0 Å². The van der Waals surface area contributed by atoms with Gasteiger partial charge < -0.3 is 10.1 Å². The van der Waals surface area contributed by atoms with E-state index in [2.05, 4.69) is 5.32 Å². The largest absolute Gasteiger partial charge is 0.462 e. The lowest BCUT2D eigenvalue weighted by Crippen LogP contribution is -2.57. The molecule has 0 radical (unpaired) electrons. The molecule has 1 fully saturated rings. The van der Waals surface area contributed by atoms with Crippen LogP contribution in [0.3, 0.4) is 0 Å². The van der Waals surface area contributed by atoms with E-state index in [0.717, 1.165) is 13.1 Å². The van der Waals surface area contributed by atoms with Gasteiger partial charge in [0.1, 0.15) is 0 Å². The van der Waals surface area contributed by atoms with Gasteiger partial charge in [0.25, 0.3) is 0 Å². The molecule has 0 amide bonds. The first-order valence-electron chi connectivity index (χ1n) is 3.96. The topological polar surface area (TPSA) is 38.3 Å². The second-order valence-electron chi connectivity index (χ2n) is 3.62. The van der Waals surface area contributed by atoms with E-state index in [1.165, 1.54) is 0 Å². The Balaban J connectivity index is 2.40.